The van der Waals surface area contributed by atoms with Crippen LogP contribution >= 0.6 is 24.8 Å². The zero-order valence-electron chi connectivity index (χ0n) is 11.5. The Hall–Kier alpha value is -0.820. The Morgan fingerprint density at radius 2 is 2.00 bits per heavy atom. The number of nitrogens with one attached hydrogen (secondary N) is 2. The summed E-state index contributed by atoms with van der Waals surface area (Å²) in [5.41, 5.74) is 0. The minimum absolute atomic E-state index is 0. The molecule has 2 heterocycles. The number of aromatic nitrogens is 2. The first-order valence-electron chi connectivity index (χ1n) is 6.50. The average Bonchev–Trinajstić information content (AvgIpc) is 2.91. The van der Waals surface area contributed by atoms with Crippen LogP contribution in [-0.2, 0) is 11.3 Å². The normalized spacial score (nSPS) is 15.0. The summed E-state index contributed by atoms with van der Waals surface area (Å²) in [6.45, 7) is 6.62. The van der Waals surface area contributed by atoms with Gasteiger partial charge in [-0.15, -0.1) is 24.8 Å². The number of carbonyl (C=O) groups excluding carboxylic acids is 1. The van der Waals surface area contributed by atoms with Crippen LogP contribution in [-0.4, -0.2) is 59.6 Å². The summed E-state index contributed by atoms with van der Waals surface area (Å²) in [6.07, 6.45) is 5.84. The molecule has 2 N–H and O–H groups in total. The van der Waals surface area contributed by atoms with E-state index in [1.807, 2.05) is 10.8 Å². The molecule has 1 aliphatic heterocycles. The third kappa shape index (κ3) is 7.09. The van der Waals surface area contributed by atoms with Gasteiger partial charge in [0.1, 0.15) is 0 Å². The molecule has 0 aromatic carbocycles. The molecule has 1 saturated heterocycles. The molecule has 116 valence electrons. The number of aryl methyl sites for hydroxylation is 1. The molecule has 0 aliphatic carbocycles. The fourth-order valence-electron chi connectivity index (χ4n) is 2.03. The third-order valence-corrected chi connectivity index (χ3v) is 3.12. The molecule has 0 bridgehead atoms. The Morgan fingerprint density at radius 3 is 2.65 bits per heavy atom. The minimum atomic E-state index is 0. The van der Waals surface area contributed by atoms with E-state index in [2.05, 4.69) is 20.5 Å². The average molecular weight is 324 g/mol. The Morgan fingerprint density at radius 1 is 1.25 bits per heavy atom. The van der Waals surface area contributed by atoms with Crippen molar-refractivity contribution in [3.05, 3.63) is 18.7 Å². The summed E-state index contributed by atoms with van der Waals surface area (Å²) in [6, 6.07) is 0. The van der Waals surface area contributed by atoms with Crippen molar-refractivity contribution < 1.29 is 4.79 Å². The lowest BCUT2D eigenvalue weighted by molar-refractivity contribution is -0.121. The summed E-state index contributed by atoms with van der Waals surface area (Å²) in [5, 5.41) is 6.27. The van der Waals surface area contributed by atoms with E-state index in [0.29, 0.717) is 13.0 Å². The van der Waals surface area contributed by atoms with E-state index in [1.54, 1.807) is 12.5 Å². The largest absolute Gasteiger partial charge is 0.355 e. The van der Waals surface area contributed by atoms with Gasteiger partial charge in [-0.1, -0.05) is 0 Å². The summed E-state index contributed by atoms with van der Waals surface area (Å²) in [5.74, 6) is 0.110. The minimum Gasteiger partial charge on any atom is -0.355 e. The van der Waals surface area contributed by atoms with Crippen LogP contribution in [0.5, 0.6) is 0 Å². The number of carbonyl (C=O) groups is 1. The number of nitrogens with zero attached hydrogens (tertiary/aromatic N) is 3. The molecule has 1 amide bonds. The molecule has 0 saturated carbocycles. The van der Waals surface area contributed by atoms with Gasteiger partial charge in [0.05, 0.1) is 6.33 Å². The molecule has 6 nitrogen and oxygen atoms in total. The van der Waals surface area contributed by atoms with Crippen molar-refractivity contribution in [2.45, 2.75) is 13.0 Å². The number of imidazole rings is 1. The first-order chi connectivity index (χ1) is 8.84. The van der Waals surface area contributed by atoms with E-state index >= 15 is 0 Å². The van der Waals surface area contributed by atoms with Crippen LogP contribution in [0.15, 0.2) is 18.7 Å². The molecule has 1 aliphatic rings. The molecule has 0 unspecified atom stereocenters. The molecule has 0 atom stereocenters. The molecule has 1 aromatic rings. The smallest absolute Gasteiger partial charge is 0.221 e. The first-order valence-corrected chi connectivity index (χ1v) is 6.50. The van der Waals surface area contributed by atoms with Crippen molar-refractivity contribution in [1.29, 1.82) is 0 Å². The highest BCUT2D eigenvalue weighted by Gasteiger charge is 2.09. The van der Waals surface area contributed by atoms with Crippen molar-refractivity contribution in [3.63, 3.8) is 0 Å². The predicted octanol–water partition coefficient (Wildman–Crippen LogP) is 0.138. The van der Waals surface area contributed by atoms with E-state index in [-0.39, 0.29) is 30.7 Å². The quantitative estimate of drug-likeness (QED) is 0.781. The second-order valence-electron chi connectivity index (χ2n) is 4.49. The maximum Gasteiger partial charge on any atom is 0.221 e. The van der Waals surface area contributed by atoms with E-state index in [9.17, 15) is 4.79 Å². The van der Waals surface area contributed by atoms with Crippen LogP contribution in [0.3, 0.4) is 0 Å². The lowest BCUT2D eigenvalue weighted by atomic mass is 10.3. The Bertz CT molecular complexity index is 355. The van der Waals surface area contributed by atoms with Gasteiger partial charge in [0, 0.05) is 64.6 Å². The van der Waals surface area contributed by atoms with Crippen molar-refractivity contribution in [3.8, 4) is 0 Å². The van der Waals surface area contributed by atoms with Gasteiger partial charge in [0.2, 0.25) is 5.91 Å². The number of hydrogen-bond donors (Lipinski definition) is 2. The van der Waals surface area contributed by atoms with E-state index in [4.69, 9.17) is 0 Å². The summed E-state index contributed by atoms with van der Waals surface area (Å²) in [4.78, 5) is 17.9. The predicted molar refractivity (Wildman–Crippen MR) is 83.7 cm³/mol. The molecule has 0 radical (unpaired) electrons. The maximum absolute atomic E-state index is 11.6. The van der Waals surface area contributed by atoms with Crippen LogP contribution in [0, 0.1) is 0 Å². The highest BCUT2D eigenvalue weighted by atomic mass is 35.5. The van der Waals surface area contributed by atoms with Gasteiger partial charge >= 0.3 is 0 Å². The Balaban J connectivity index is 0.00000180. The van der Waals surface area contributed by atoms with Gasteiger partial charge in [-0.05, 0) is 0 Å². The van der Waals surface area contributed by atoms with Gasteiger partial charge in [0.15, 0.2) is 0 Å². The van der Waals surface area contributed by atoms with E-state index in [1.165, 1.54) is 0 Å². The molecular formula is C12H23Cl2N5O. The summed E-state index contributed by atoms with van der Waals surface area (Å²) in [7, 11) is 0. The lowest BCUT2D eigenvalue weighted by Gasteiger charge is -2.27. The SMILES string of the molecule is Cl.Cl.O=C(CCn1ccnc1)NCCN1CCNCC1. The number of amides is 1. The molecule has 1 fully saturated rings. The standard InChI is InChI=1S/C12H21N5O.2ClH/c18-12(1-6-17-9-4-14-11-17)15-5-10-16-7-2-13-3-8-16;;/h4,9,11,13H,1-3,5-8,10H2,(H,15,18);2*1H. The van der Waals surface area contributed by atoms with Gasteiger partial charge < -0.3 is 15.2 Å². The fourth-order valence-corrected chi connectivity index (χ4v) is 2.03. The number of halogens is 2. The topological polar surface area (TPSA) is 62.2 Å². The van der Waals surface area contributed by atoms with Gasteiger partial charge in [-0.2, -0.15) is 0 Å². The highest BCUT2D eigenvalue weighted by Crippen LogP contribution is 1.92. The van der Waals surface area contributed by atoms with Crippen molar-refractivity contribution in [2.75, 3.05) is 39.3 Å². The number of piperazine rings is 1. The van der Waals surface area contributed by atoms with Crippen LogP contribution in [0.1, 0.15) is 6.42 Å². The van der Waals surface area contributed by atoms with Gasteiger partial charge in [-0.25, -0.2) is 4.98 Å². The molecule has 8 heteroatoms. The van der Waals surface area contributed by atoms with Crippen LogP contribution < -0.4 is 10.6 Å². The maximum atomic E-state index is 11.6. The van der Waals surface area contributed by atoms with Crippen molar-refractivity contribution in [1.82, 2.24) is 25.1 Å². The fraction of sp³-hybridized carbons (Fsp3) is 0.667. The lowest BCUT2D eigenvalue weighted by Crippen LogP contribution is -2.46. The van der Waals surface area contributed by atoms with Crippen LogP contribution in [0.25, 0.3) is 0 Å². The highest BCUT2D eigenvalue weighted by molar-refractivity contribution is 5.85. The Kier molecular flexibility index (Phi) is 10.5. The monoisotopic (exact) mass is 323 g/mol. The molecule has 20 heavy (non-hydrogen) atoms. The number of rotatable bonds is 6. The zero-order chi connectivity index (χ0) is 12.6. The summed E-state index contributed by atoms with van der Waals surface area (Å²) >= 11 is 0. The molecule has 1 aromatic heterocycles. The van der Waals surface area contributed by atoms with Crippen molar-refractivity contribution >= 4 is 30.7 Å². The van der Waals surface area contributed by atoms with Gasteiger partial charge in [0.25, 0.3) is 0 Å². The summed E-state index contributed by atoms with van der Waals surface area (Å²) < 4.78 is 1.91. The molecule has 2 rings (SSSR count). The van der Waals surface area contributed by atoms with E-state index in [0.717, 1.165) is 39.3 Å². The number of hydrogen-bond acceptors (Lipinski definition) is 4. The zero-order valence-corrected chi connectivity index (χ0v) is 13.1. The van der Waals surface area contributed by atoms with E-state index < -0.39 is 0 Å². The van der Waals surface area contributed by atoms with Gasteiger partial charge in [-0.3, -0.25) is 9.69 Å². The Labute approximate surface area is 132 Å². The van der Waals surface area contributed by atoms with Crippen LogP contribution in [0.2, 0.25) is 0 Å². The second-order valence-corrected chi connectivity index (χ2v) is 4.49. The first kappa shape index (κ1) is 19.2. The molecular weight excluding hydrogens is 301 g/mol. The molecule has 0 spiro atoms. The third-order valence-electron chi connectivity index (χ3n) is 3.12. The van der Waals surface area contributed by atoms with Crippen LogP contribution in [0.4, 0.5) is 0 Å². The second kappa shape index (κ2) is 10.9. The van der Waals surface area contributed by atoms with Crippen molar-refractivity contribution in [2.24, 2.45) is 0 Å².